The molecule has 3 rings (SSSR count). The molecule has 130 valence electrons. The molecule has 1 aliphatic heterocycles. The van der Waals surface area contributed by atoms with Gasteiger partial charge in [0, 0.05) is 24.2 Å². The number of anilines is 1. The van der Waals surface area contributed by atoms with Gasteiger partial charge in [-0.1, -0.05) is 24.3 Å². The summed E-state index contributed by atoms with van der Waals surface area (Å²) in [5, 5.41) is 2.74. The Morgan fingerprint density at radius 2 is 1.92 bits per heavy atom. The summed E-state index contributed by atoms with van der Waals surface area (Å²) in [6, 6.07) is 13.4. The lowest BCUT2D eigenvalue weighted by atomic mass is 10.1. The van der Waals surface area contributed by atoms with Gasteiger partial charge in [-0.05, 0) is 43.2 Å². The molecule has 2 aromatic rings. The number of carbonyl (C=O) groups is 1. The Bertz CT molecular complexity index is 936. The normalized spacial score (nSPS) is 14.0. The maximum absolute atomic E-state index is 12.4. The molecular formula is C18H19N3O3S. The largest absolute Gasteiger partial charge is 0.322 e. The molecule has 2 aromatic carbocycles. The molecule has 25 heavy (non-hydrogen) atoms. The van der Waals surface area contributed by atoms with E-state index in [1.54, 1.807) is 24.3 Å². The van der Waals surface area contributed by atoms with E-state index in [9.17, 15) is 13.2 Å². The van der Waals surface area contributed by atoms with Crippen molar-refractivity contribution in [2.75, 3.05) is 11.9 Å². The van der Waals surface area contributed by atoms with Crippen LogP contribution in [0.2, 0.25) is 0 Å². The Balaban J connectivity index is 1.79. The van der Waals surface area contributed by atoms with Gasteiger partial charge in [-0.3, -0.25) is 14.5 Å². The van der Waals surface area contributed by atoms with Crippen molar-refractivity contribution in [1.29, 1.82) is 0 Å². The summed E-state index contributed by atoms with van der Waals surface area (Å²) in [5.74, 6) is 0.204. The van der Waals surface area contributed by atoms with Crippen LogP contribution in [0, 0.1) is 6.92 Å². The SMILES string of the molecule is Cc1ccccc1C(=O)Nc1cccc(S(=O)(=O)NC2=NCCC2)c1. The monoisotopic (exact) mass is 357 g/mol. The second-order valence-electron chi connectivity index (χ2n) is 5.83. The van der Waals surface area contributed by atoms with Crippen molar-refractivity contribution in [2.24, 2.45) is 4.99 Å². The van der Waals surface area contributed by atoms with E-state index in [0.29, 0.717) is 30.1 Å². The van der Waals surface area contributed by atoms with E-state index in [1.165, 1.54) is 12.1 Å². The molecule has 0 saturated heterocycles. The Labute approximate surface area is 147 Å². The Kier molecular flexibility index (Phi) is 4.85. The number of amidine groups is 1. The minimum absolute atomic E-state index is 0.0877. The number of hydrogen-bond donors (Lipinski definition) is 2. The molecule has 0 aromatic heterocycles. The van der Waals surface area contributed by atoms with Crippen molar-refractivity contribution in [3.63, 3.8) is 0 Å². The van der Waals surface area contributed by atoms with Crippen LogP contribution in [0.15, 0.2) is 58.4 Å². The summed E-state index contributed by atoms with van der Waals surface area (Å²) in [7, 11) is -3.71. The predicted molar refractivity (Wildman–Crippen MR) is 97.4 cm³/mol. The van der Waals surface area contributed by atoms with Crippen LogP contribution < -0.4 is 10.0 Å². The topological polar surface area (TPSA) is 87.6 Å². The second kappa shape index (κ2) is 7.06. The number of nitrogens with one attached hydrogen (secondary N) is 2. The minimum atomic E-state index is -3.71. The van der Waals surface area contributed by atoms with E-state index >= 15 is 0 Å². The highest BCUT2D eigenvalue weighted by Gasteiger charge is 2.19. The van der Waals surface area contributed by atoms with Crippen LogP contribution in [0.25, 0.3) is 0 Å². The molecule has 0 aliphatic carbocycles. The van der Waals surface area contributed by atoms with Gasteiger partial charge in [0.1, 0.15) is 5.84 Å². The molecule has 0 saturated carbocycles. The first-order valence-corrected chi connectivity index (χ1v) is 9.47. The van der Waals surface area contributed by atoms with E-state index in [4.69, 9.17) is 0 Å². The highest BCUT2D eigenvalue weighted by atomic mass is 32.2. The van der Waals surface area contributed by atoms with Gasteiger partial charge in [0.05, 0.1) is 4.90 Å². The Morgan fingerprint density at radius 3 is 2.64 bits per heavy atom. The van der Waals surface area contributed by atoms with E-state index in [1.807, 2.05) is 19.1 Å². The number of aliphatic imine (C=N–C) groups is 1. The number of rotatable bonds is 4. The fraction of sp³-hybridized carbons (Fsp3) is 0.222. The van der Waals surface area contributed by atoms with Crippen molar-refractivity contribution in [1.82, 2.24) is 4.72 Å². The van der Waals surface area contributed by atoms with Gasteiger partial charge in [0.2, 0.25) is 0 Å². The van der Waals surface area contributed by atoms with E-state index in [-0.39, 0.29) is 10.8 Å². The zero-order chi connectivity index (χ0) is 17.9. The quantitative estimate of drug-likeness (QED) is 0.882. The molecule has 1 amide bonds. The number of aryl methyl sites for hydroxylation is 1. The van der Waals surface area contributed by atoms with Gasteiger partial charge in [-0.2, -0.15) is 0 Å². The van der Waals surface area contributed by atoms with Gasteiger partial charge in [-0.15, -0.1) is 0 Å². The predicted octanol–water partition coefficient (Wildman–Crippen LogP) is 2.72. The van der Waals surface area contributed by atoms with Crippen molar-refractivity contribution >= 4 is 27.5 Å². The molecule has 0 unspecified atom stereocenters. The maximum Gasteiger partial charge on any atom is 0.262 e. The molecule has 0 radical (unpaired) electrons. The van der Waals surface area contributed by atoms with Crippen LogP contribution in [-0.2, 0) is 10.0 Å². The third kappa shape index (κ3) is 4.06. The van der Waals surface area contributed by atoms with Crippen molar-refractivity contribution < 1.29 is 13.2 Å². The third-order valence-corrected chi connectivity index (χ3v) is 5.30. The Morgan fingerprint density at radius 1 is 1.12 bits per heavy atom. The number of nitrogens with zero attached hydrogens (tertiary/aromatic N) is 1. The zero-order valence-electron chi connectivity index (χ0n) is 13.8. The minimum Gasteiger partial charge on any atom is -0.322 e. The van der Waals surface area contributed by atoms with Gasteiger partial charge in [-0.25, -0.2) is 8.42 Å². The number of amides is 1. The van der Waals surface area contributed by atoms with E-state index < -0.39 is 10.0 Å². The summed E-state index contributed by atoms with van der Waals surface area (Å²) in [6.45, 7) is 2.49. The molecule has 0 fully saturated rings. The van der Waals surface area contributed by atoms with Crippen LogP contribution in [0.5, 0.6) is 0 Å². The van der Waals surface area contributed by atoms with Gasteiger partial charge < -0.3 is 5.32 Å². The lowest BCUT2D eigenvalue weighted by Gasteiger charge is -2.11. The first kappa shape index (κ1) is 17.2. The lowest BCUT2D eigenvalue weighted by Crippen LogP contribution is -2.29. The molecule has 1 aliphatic rings. The smallest absolute Gasteiger partial charge is 0.262 e. The van der Waals surface area contributed by atoms with Crippen molar-refractivity contribution in [2.45, 2.75) is 24.7 Å². The molecule has 7 heteroatoms. The third-order valence-electron chi connectivity index (χ3n) is 3.92. The van der Waals surface area contributed by atoms with Gasteiger partial charge in [0.15, 0.2) is 0 Å². The number of carbonyl (C=O) groups excluding carboxylic acids is 1. The van der Waals surface area contributed by atoms with Crippen LogP contribution in [0.3, 0.4) is 0 Å². The van der Waals surface area contributed by atoms with Crippen LogP contribution >= 0.6 is 0 Å². The van der Waals surface area contributed by atoms with E-state index in [0.717, 1.165) is 12.0 Å². The standard InChI is InChI=1S/C18H19N3O3S/c1-13-6-2-3-9-16(13)18(22)20-14-7-4-8-15(12-14)25(23,24)21-17-10-5-11-19-17/h2-4,6-9,12H,5,10-11H2,1H3,(H,19,21)(H,20,22). The first-order chi connectivity index (χ1) is 12.0. The molecule has 1 heterocycles. The molecule has 0 atom stereocenters. The molecule has 2 N–H and O–H groups in total. The van der Waals surface area contributed by atoms with E-state index in [2.05, 4.69) is 15.0 Å². The molecular weight excluding hydrogens is 338 g/mol. The van der Waals surface area contributed by atoms with Crippen LogP contribution in [0.1, 0.15) is 28.8 Å². The summed E-state index contributed by atoms with van der Waals surface area (Å²) in [4.78, 5) is 16.6. The Hall–Kier alpha value is -2.67. The second-order valence-corrected chi connectivity index (χ2v) is 7.52. The zero-order valence-corrected chi connectivity index (χ0v) is 14.6. The molecule has 6 nitrogen and oxygen atoms in total. The fourth-order valence-electron chi connectivity index (χ4n) is 2.60. The number of sulfonamides is 1. The summed E-state index contributed by atoms with van der Waals surface area (Å²) in [5.41, 5.74) is 1.82. The van der Waals surface area contributed by atoms with Crippen molar-refractivity contribution in [3.8, 4) is 0 Å². The summed E-state index contributed by atoms with van der Waals surface area (Å²) >= 11 is 0. The van der Waals surface area contributed by atoms with Crippen LogP contribution in [0.4, 0.5) is 5.69 Å². The number of hydrogen-bond acceptors (Lipinski definition) is 4. The molecule has 0 spiro atoms. The number of benzene rings is 2. The highest BCUT2D eigenvalue weighted by Crippen LogP contribution is 2.18. The summed E-state index contributed by atoms with van der Waals surface area (Å²) in [6.07, 6.45) is 1.48. The fourth-order valence-corrected chi connectivity index (χ4v) is 3.74. The van der Waals surface area contributed by atoms with Crippen molar-refractivity contribution in [3.05, 3.63) is 59.7 Å². The average molecular weight is 357 g/mol. The lowest BCUT2D eigenvalue weighted by molar-refractivity contribution is 0.102. The summed E-state index contributed by atoms with van der Waals surface area (Å²) < 4.78 is 27.4. The highest BCUT2D eigenvalue weighted by molar-refractivity contribution is 7.90. The molecule has 0 bridgehead atoms. The maximum atomic E-state index is 12.4. The van der Waals surface area contributed by atoms with Crippen LogP contribution in [-0.4, -0.2) is 26.7 Å². The van der Waals surface area contributed by atoms with Gasteiger partial charge >= 0.3 is 0 Å². The first-order valence-electron chi connectivity index (χ1n) is 7.99. The van der Waals surface area contributed by atoms with Gasteiger partial charge in [0.25, 0.3) is 15.9 Å². The average Bonchev–Trinajstić information content (AvgIpc) is 3.07.